The summed E-state index contributed by atoms with van der Waals surface area (Å²) >= 11 is 0. The minimum atomic E-state index is 0.714. The van der Waals surface area contributed by atoms with Gasteiger partial charge in [0.25, 0.3) is 0 Å². The summed E-state index contributed by atoms with van der Waals surface area (Å²) in [4.78, 5) is 2.64. The van der Waals surface area contributed by atoms with Crippen molar-refractivity contribution in [1.82, 2.24) is 10.2 Å². The van der Waals surface area contributed by atoms with Gasteiger partial charge in [-0.2, -0.15) is 0 Å². The van der Waals surface area contributed by atoms with Crippen LogP contribution in [0.2, 0.25) is 0 Å². The Morgan fingerprint density at radius 1 is 1.27 bits per heavy atom. The van der Waals surface area contributed by atoms with E-state index in [0.29, 0.717) is 5.41 Å². The minimum absolute atomic E-state index is 0.714. The molecule has 2 nitrogen and oxygen atoms in total. The van der Waals surface area contributed by atoms with Crippen LogP contribution in [-0.2, 0) is 0 Å². The number of fused-ring (bicyclic) bond motifs is 3. The molecular formula is C13H24N2. The van der Waals surface area contributed by atoms with Gasteiger partial charge in [0.15, 0.2) is 0 Å². The fourth-order valence-corrected chi connectivity index (χ4v) is 3.38. The molecule has 3 heterocycles. The maximum atomic E-state index is 3.87. The van der Waals surface area contributed by atoms with Crippen LogP contribution in [0.5, 0.6) is 0 Å². The van der Waals surface area contributed by atoms with E-state index in [4.69, 9.17) is 0 Å². The van der Waals surface area contributed by atoms with Crippen molar-refractivity contribution in [3.05, 3.63) is 0 Å². The van der Waals surface area contributed by atoms with Crippen LogP contribution >= 0.6 is 0 Å². The highest BCUT2D eigenvalue weighted by Gasteiger charge is 2.42. The van der Waals surface area contributed by atoms with Crippen molar-refractivity contribution in [3.8, 4) is 0 Å². The highest BCUT2D eigenvalue weighted by Crippen LogP contribution is 2.48. The lowest BCUT2D eigenvalue weighted by Crippen LogP contribution is -2.56. The zero-order valence-corrected chi connectivity index (χ0v) is 9.97. The molecule has 1 N–H and O–H groups in total. The molecule has 1 saturated carbocycles. The molecule has 0 radical (unpaired) electrons. The van der Waals surface area contributed by atoms with Crippen LogP contribution in [0.4, 0.5) is 0 Å². The Bertz CT molecular complexity index is 227. The van der Waals surface area contributed by atoms with E-state index in [-0.39, 0.29) is 0 Å². The summed E-state index contributed by atoms with van der Waals surface area (Å²) in [7, 11) is 0. The van der Waals surface area contributed by atoms with Crippen LogP contribution in [0.1, 0.15) is 39.0 Å². The summed E-state index contributed by atoms with van der Waals surface area (Å²) in [6.07, 6.45) is 7.20. The Labute approximate surface area is 93.4 Å². The lowest BCUT2D eigenvalue weighted by Gasteiger charge is -2.45. The highest BCUT2D eigenvalue weighted by atomic mass is 15.2. The number of hydrogen-bond acceptors (Lipinski definition) is 2. The van der Waals surface area contributed by atoms with Crippen molar-refractivity contribution in [2.45, 2.75) is 45.1 Å². The molecule has 3 saturated heterocycles. The third-order valence-electron chi connectivity index (χ3n) is 5.10. The highest BCUT2D eigenvalue weighted by molar-refractivity contribution is 4.97. The lowest BCUT2D eigenvalue weighted by molar-refractivity contribution is 0.0700. The quantitative estimate of drug-likeness (QED) is 0.758. The average molecular weight is 208 g/mol. The average Bonchev–Trinajstić information content (AvgIpc) is 3.09. The van der Waals surface area contributed by atoms with E-state index in [0.717, 1.165) is 12.0 Å². The Kier molecular flexibility index (Phi) is 2.52. The van der Waals surface area contributed by atoms with Gasteiger partial charge < -0.3 is 10.2 Å². The van der Waals surface area contributed by atoms with Gasteiger partial charge in [0.1, 0.15) is 0 Å². The van der Waals surface area contributed by atoms with E-state index >= 15 is 0 Å². The Morgan fingerprint density at radius 3 is 2.47 bits per heavy atom. The lowest BCUT2D eigenvalue weighted by atomic mass is 9.83. The predicted octanol–water partition coefficient (Wildman–Crippen LogP) is 1.86. The maximum absolute atomic E-state index is 3.87. The van der Waals surface area contributed by atoms with Gasteiger partial charge in [-0.05, 0) is 56.5 Å². The van der Waals surface area contributed by atoms with Crippen molar-refractivity contribution >= 4 is 0 Å². The fourth-order valence-electron chi connectivity index (χ4n) is 3.38. The van der Waals surface area contributed by atoms with Crippen molar-refractivity contribution in [2.75, 3.05) is 26.2 Å². The first-order valence-electron chi connectivity index (χ1n) is 6.77. The summed E-state index contributed by atoms with van der Waals surface area (Å²) < 4.78 is 0. The molecule has 0 aromatic carbocycles. The molecule has 0 spiro atoms. The van der Waals surface area contributed by atoms with Crippen LogP contribution in [0.15, 0.2) is 0 Å². The van der Waals surface area contributed by atoms with Gasteiger partial charge in [-0.3, -0.25) is 0 Å². The molecule has 0 aromatic heterocycles. The fraction of sp³-hybridized carbons (Fsp3) is 1.00. The first-order valence-corrected chi connectivity index (χ1v) is 6.77. The van der Waals surface area contributed by atoms with E-state index in [1.165, 1.54) is 58.3 Å². The molecule has 4 rings (SSSR count). The summed E-state index contributed by atoms with van der Waals surface area (Å²) in [5.41, 5.74) is 0.714. The van der Waals surface area contributed by atoms with E-state index in [2.05, 4.69) is 17.1 Å². The smallest absolute Gasteiger partial charge is 0.0224 e. The van der Waals surface area contributed by atoms with Gasteiger partial charge in [0.2, 0.25) is 0 Å². The molecule has 86 valence electrons. The monoisotopic (exact) mass is 208 g/mol. The van der Waals surface area contributed by atoms with E-state index in [1.54, 1.807) is 0 Å². The van der Waals surface area contributed by atoms with Crippen LogP contribution in [0, 0.1) is 11.3 Å². The largest absolute Gasteiger partial charge is 0.312 e. The van der Waals surface area contributed by atoms with E-state index < -0.39 is 0 Å². The van der Waals surface area contributed by atoms with Crippen molar-refractivity contribution in [2.24, 2.45) is 11.3 Å². The molecule has 3 aliphatic heterocycles. The van der Waals surface area contributed by atoms with Crippen LogP contribution < -0.4 is 5.32 Å². The second-order valence-corrected chi connectivity index (χ2v) is 5.98. The van der Waals surface area contributed by atoms with E-state index in [1.807, 2.05) is 0 Å². The summed E-state index contributed by atoms with van der Waals surface area (Å²) in [6, 6.07) is 0.816. The standard InChI is InChI=1S/C13H24N2/c1-2-13(5-6-13)10-14-12-9-15-7-3-11(12)4-8-15/h11-12,14H,2-10H2,1H3. The number of rotatable bonds is 4. The molecule has 0 amide bonds. The first-order chi connectivity index (χ1) is 7.31. The third-order valence-corrected chi connectivity index (χ3v) is 5.10. The number of hydrogen-bond donors (Lipinski definition) is 1. The zero-order valence-electron chi connectivity index (χ0n) is 9.97. The van der Waals surface area contributed by atoms with Crippen molar-refractivity contribution in [1.29, 1.82) is 0 Å². The first kappa shape index (κ1) is 10.1. The van der Waals surface area contributed by atoms with Gasteiger partial charge in [-0.15, -0.1) is 0 Å². The molecule has 1 aliphatic carbocycles. The topological polar surface area (TPSA) is 15.3 Å². The van der Waals surface area contributed by atoms with Gasteiger partial charge in [0.05, 0.1) is 0 Å². The van der Waals surface area contributed by atoms with Gasteiger partial charge in [0, 0.05) is 19.1 Å². The second kappa shape index (κ2) is 3.74. The van der Waals surface area contributed by atoms with Crippen LogP contribution in [0.3, 0.4) is 0 Å². The van der Waals surface area contributed by atoms with Crippen molar-refractivity contribution < 1.29 is 0 Å². The Balaban J connectivity index is 1.51. The number of piperidine rings is 3. The molecule has 15 heavy (non-hydrogen) atoms. The number of nitrogens with one attached hydrogen (secondary N) is 1. The van der Waals surface area contributed by atoms with Crippen LogP contribution in [-0.4, -0.2) is 37.1 Å². The molecule has 0 aromatic rings. The normalized spacial score (nSPS) is 41.8. The molecule has 1 atom stereocenters. The summed E-state index contributed by atoms with van der Waals surface area (Å²) in [5, 5.41) is 3.87. The molecule has 1 unspecified atom stereocenters. The molecule has 2 heteroatoms. The Hall–Kier alpha value is -0.0800. The molecule has 2 bridgehead atoms. The van der Waals surface area contributed by atoms with E-state index in [9.17, 15) is 0 Å². The number of nitrogens with zero attached hydrogens (tertiary/aromatic N) is 1. The van der Waals surface area contributed by atoms with Gasteiger partial charge >= 0.3 is 0 Å². The third kappa shape index (κ3) is 1.94. The molecule has 4 aliphatic rings. The van der Waals surface area contributed by atoms with Gasteiger partial charge in [-0.1, -0.05) is 6.92 Å². The summed E-state index contributed by atoms with van der Waals surface area (Å²) in [6.45, 7) is 7.69. The van der Waals surface area contributed by atoms with Crippen molar-refractivity contribution in [3.63, 3.8) is 0 Å². The second-order valence-electron chi connectivity index (χ2n) is 5.98. The zero-order chi connectivity index (χ0) is 10.3. The van der Waals surface area contributed by atoms with Gasteiger partial charge in [-0.25, -0.2) is 0 Å². The maximum Gasteiger partial charge on any atom is 0.0224 e. The predicted molar refractivity (Wildman–Crippen MR) is 62.9 cm³/mol. The van der Waals surface area contributed by atoms with Crippen LogP contribution in [0.25, 0.3) is 0 Å². The summed E-state index contributed by atoms with van der Waals surface area (Å²) in [5.74, 6) is 0.989. The molecular weight excluding hydrogens is 184 g/mol. The Morgan fingerprint density at radius 2 is 2.00 bits per heavy atom. The molecule has 4 fully saturated rings. The minimum Gasteiger partial charge on any atom is -0.312 e. The SMILES string of the molecule is CCC1(CNC2CN3CCC2CC3)CC1.